The van der Waals surface area contributed by atoms with Gasteiger partial charge in [-0.3, -0.25) is 19.2 Å². The molecule has 0 amide bonds. The Morgan fingerprint density at radius 1 is 0.500 bits per heavy atom. The summed E-state index contributed by atoms with van der Waals surface area (Å²) in [5.41, 5.74) is 18.3. The van der Waals surface area contributed by atoms with Gasteiger partial charge in [-0.2, -0.15) is 0 Å². The quantitative estimate of drug-likeness (QED) is 0.179. The van der Waals surface area contributed by atoms with Crippen LogP contribution in [0.4, 0.5) is 0 Å². The van der Waals surface area contributed by atoms with E-state index in [-0.39, 0.29) is 76.1 Å². The predicted octanol–water partition coefficient (Wildman–Crippen LogP) is -5.54. The van der Waals surface area contributed by atoms with Crippen LogP contribution in [0.25, 0.3) is 0 Å². The summed E-state index contributed by atoms with van der Waals surface area (Å²) in [5, 5.41) is 30.4. The number of aliphatic carboxylic acids is 4. The first-order valence-electron chi connectivity index (χ1n) is 4.76. The van der Waals surface area contributed by atoms with E-state index in [9.17, 15) is 19.2 Å². The molecule has 0 rings (SSSR count). The second-order valence-electron chi connectivity index (χ2n) is 2.39. The van der Waals surface area contributed by atoms with Gasteiger partial charge in [-0.15, -0.1) is 0 Å². The van der Waals surface area contributed by atoms with Gasteiger partial charge in [0.1, 0.15) is 0 Å². The van der Waals surface area contributed by atoms with Crippen molar-refractivity contribution in [2.24, 2.45) is 22.9 Å². The van der Waals surface area contributed by atoms with Crippen LogP contribution in [0.5, 0.6) is 0 Å². The summed E-state index contributed by atoms with van der Waals surface area (Å²) < 4.78 is 0. The number of rotatable bonds is 4. The van der Waals surface area contributed by atoms with Crippen LogP contribution < -0.4 is 22.9 Å². The van der Waals surface area contributed by atoms with Crippen molar-refractivity contribution in [3.8, 4) is 0 Å². The van der Waals surface area contributed by atoms with Crippen LogP contribution in [-0.2, 0) is 58.1 Å². The molecule has 14 nitrogen and oxygen atoms in total. The first-order chi connectivity index (χ1) is 9.08. The van der Waals surface area contributed by atoms with Gasteiger partial charge in [-0.1, -0.05) is 0 Å². The minimum absolute atomic E-state index is 0. The summed E-state index contributed by atoms with van der Waals surface area (Å²) in [6.07, 6.45) is 0. The molecule has 140 valence electrons. The number of carboxylic acids is 4. The van der Waals surface area contributed by atoms with Gasteiger partial charge in [0.2, 0.25) is 0 Å². The third-order valence-corrected chi connectivity index (χ3v) is 0.698. The summed E-state index contributed by atoms with van der Waals surface area (Å²) in [6, 6.07) is 0. The number of hydrogen-bond acceptors (Lipinski definition) is 8. The van der Waals surface area contributed by atoms with E-state index >= 15 is 0 Å². The predicted molar refractivity (Wildman–Crippen MR) is 74.0 cm³/mol. The Morgan fingerprint density at radius 3 is 0.542 bits per heavy atom. The van der Waals surface area contributed by atoms with Gasteiger partial charge in [0.25, 0.3) is 0 Å². The van der Waals surface area contributed by atoms with Gasteiger partial charge < -0.3 is 54.3 Å². The Hall–Kier alpha value is -1.11. The van der Waals surface area contributed by atoms with E-state index in [1.165, 1.54) is 0 Å². The van der Waals surface area contributed by atoms with Crippen molar-refractivity contribution in [1.29, 1.82) is 0 Å². The number of nitrogens with two attached hydrogens (primary N) is 4. The van der Waals surface area contributed by atoms with E-state index in [4.69, 9.17) is 20.4 Å². The SMILES string of the molecule is NCC(=O)O.NCC(=O)O.NCC(=O)O.NCC(=O)O.O.O.[Zn].[Zn]. The first kappa shape index (κ1) is 49.5. The van der Waals surface area contributed by atoms with Crippen molar-refractivity contribution in [1.82, 2.24) is 0 Å². The monoisotopic (exact) mass is 464 g/mol. The van der Waals surface area contributed by atoms with Crippen molar-refractivity contribution in [2.45, 2.75) is 0 Å². The molecule has 0 aromatic heterocycles. The van der Waals surface area contributed by atoms with Crippen LogP contribution in [-0.4, -0.2) is 81.4 Å². The van der Waals surface area contributed by atoms with Gasteiger partial charge in [-0.05, 0) is 0 Å². The maximum absolute atomic E-state index is 9.24. The maximum Gasteiger partial charge on any atom is 0.317 e. The molecule has 0 saturated heterocycles. The van der Waals surface area contributed by atoms with Crippen molar-refractivity contribution in [2.75, 3.05) is 26.2 Å². The Morgan fingerprint density at radius 2 is 0.542 bits per heavy atom. The number of carbonyl (C=O) groups is 4. The standard InChI is InChI=1S/4C2H5NO2.2H2O.2Zn/c4*3-1-2(4)5;;;;/h4*1,3H2,(H,4,5);2*1H2;;. The Balaban J connectivity index is -0.0000000225. The van der Waals surface area contributed by atoms with Crippen molar-refractivity contribution in [3.63, 3.8) is 0 Å². The van der Waals surface area contributed by atoms with E-state index in [0.717, 1.165) is 0 Å². The van der Waals surface area contributed by atoms with E-state index in [1.54, 1.807) is 0 Å². The number of carboxylic acid groups (broad SMARTS) is 4. The molecule has 0 atom stereocenters. The fraction of sp³-hybridized carbons (Fsp3) is 0.500. The van der Waals surface area contributed by atoms with Gasteiger partial charge >= 0.3 is 23.9 Å². The molecule has 0 aromatic carbocycles. The van der Waals surface area contributed by atoms with Crippen LogP contribution in [0.2, 0.25) is 0 Å². The van der Waals surface area contributed by atoms with Crippen LogP contribution in [0.1, 0.15) is 0 Å². The molecule has 0 aliphatic heterocycles. The molecule has 0 aromatic rings. The van der Waals surface area contributed by atoms with Gasteiger partial charge in [0, 0.05) is 39.0 Å². The molecule has 0 saturated carbocycles. The molecular formula is C8H24N4O10Zn2. The molecule has 0 aliphatic rings. The molecule has 16 N–H and O–H groups in total. The van der Waals surface area contributed by atoms with Crippen LogP contribution in [0, 0.1) is 0 Å². The van der Waals surface area contributed by atoms with Crippen LogP contribution in [0.15, 0.2) is 0 Å². The Kier molecular flexibility index (Phi) is 88.8. The normalized spacial score (nSPS) is 6.17. The van der Waals surface area contributed by atoms with Crippen LogP contribution in [0.3, 0.4) is 0 Å². The molecule has 24 heavy (non-hydrogen) atoms. The first-order valence-corrected chi connectivity index (χ1v) is 4.76. The molecule has 0 aliphatic carbocycles. The average Bonchev–Trinajstić information content (AvgIpc) is 2.40. The zero-order valence-electron chi connectivity index (χ0n) is 13.0. The molecular weight excluding hydrogens is 443 g/mol. The second-order valence-corrected chi connectivity index (χ2v) is 2.39. The van der Waals surface area contributed by atoms with Gasteiger partial charge in [-0.25, -0.2) is 0 Å². The Bertz CT molecular complexity index is 240. The maximum atomic E-state index is 9.24. The van der Waals surface area contributed by atoms with Crippen LogP contribution >= 0.6 is 0 Å². The summed E-state index contributed by atoms with van der Waals surface area (Å²) in [5.74, 6) is -3.87. The summed E-state index contributed by atoms with van der Waals surface area (Å²) in [7, 11) is 0. The average molecular weight is 467 g/mol. The fourth-order valence-electron chi connectivity index (χ4n) is 0. The van der Waals surface area contributed by atoms with E-state index < -0.39 is 23.9 Å². The molecule has 0 radical (unpaired) electrons. The minimum atomic E-state index is -0.968. The molecule has 0 fully saturated rings. The van der Waals surface area contributed by atoms with Gasteiger partial charge in [0.05, 0.1) is 26.2 Å². The second kappa shape index (κ2) is 43.1. The zero-order valence-corrected chi connectivity index (χ0v) is 18.9. The smallest absolute Gasteiger partial charge is 0.317 e. The van der Waals surface area contributed by atoms with Crippen molar-refractivity contribution < 1.29 is 89.5 Å². The zero-order chi connectivity index (χ0) is 17.1. The van der Waals surface area contributed by atoms with Crippen molar-refractivity contribution >= 4 is 23.9 Å². The summed E-state index contributed by atoms with van der Waals surface area (Å²) >= 11 is 0. The minimum Gasteiger partial charge on any atom is -0.480 e. The third-order valence-electron chi connectivity index (χ3n) is 0.698. The van der Waals surface area contributed by atoms with Gasteiger partial charge in [0.15, 0.2) is 0 Å². The molecule has 0 spiro atoms. The Labute approximate surface area is 162 Å². The molecule has 16 heteroatoms. The van der Waals surface area contributed by atoms with E-state index in [2.05, 4.69) is 22.9 Å². The third kappa shape index (κ3) is 174. The molecule has 0 heterocycles. The molecule has 0 unspecified atom stereocenters. The van der Waals surface area contributed by atoms with Crippen molar-refractivity contribution in [3.05, 3.63) is 0 Å². The molecule has 0 bridgehead atoms. The summed E-state index contributed by atoms with van der Waals surface area (Å²) in [6.45, 7) is -1.11. The van der Waals surface area contributed by atoms with E-state index in [1.807, 2.05) is 0 Å². The fourth-order valence-corrected chi connectivity index (χ4v) is 0. The largest absolute Gasteiger partial charge is 0.480 e. The topological polar surface area (TPSA) is 316 Å². The summed E-state index contributed by atoms with van der Waals surface area (Å²) in [4.78, 5) is 37.0. The van der Waals surface area contributed by atoms with E-state index in [0.29, 0.717) is 0 Å². The number of hydrogen-bond donors (Lipinski definition) is 8.